The van der Waals surface area contributed by atoms with Crippen molar-refractivity contribution in [2.75, 3.05) is 34.4 Å². The molecule has 0 unspecified atom stereocenters. The third kappa shape index (κ3) is 4.19. The van der Waals surface area contributed by atoms with Crippen molar-refractivity contribution < 1.29 is 14.0 Å². The fourth-order valence-electron chi connectivity index (χ4n) is 3.20. The van der Waals surface area contributed by atoms with Crippen LogP contribution in [-0.4, -0.2) is 49.4 Å². The first kappa shape index (κ1) is 17.9. The Hall–Kier alpha value is -1.92. The van der Waals surface area contributed by atoms with E-state index in [-0.39, 0.29) is 0 Å². The lowest BCUT2D eigenvalue weighted by atomic mass is 9.84. The molecule has 0 atom stereocenters. The number of hydrogen-bond acceptors (Lipinski definition) is 6. The highest BCUT2D eigenvalue weighted by atomic mass is 16.5. The van der Waals surface area contributed by atoms with Gasteiger partial charge in [0, 0.05) is 19.2 Å². The highest BCUT2D eigenvalue weighted by Crippen LogP contribution is 2.39. The standard InChI is InChI=1S/C19H27N3O3/c1-22(2)13-14-24-16-9-7-15(8-10-16)17-20-18(25-21-17)19(23-3)11-5-4-6-12-19/h7-10H,4-6,11-14H2,1-3H3. The van der Waals surface area contributed by atoms with Crippen LogP contribution in [0.2, 0.25) is 0 Å². The number of likely N-dealkylation sites (N-methyl/N-ethyl adjacent to an activating group) is 1. The fraction of sp³-hybridized carbons (Fsp3) is 0.579. The van der Waals surface area contributed by atoms with Gasteiger partial charge >= 0.3 is 0 Å². The van der Waals surface area contributed by atoms with Gasteiger partial charge in [-0.05, 0) is 51.2 Å². The first-order chi connectivity index (χ1) is 12.1. The molecule has 6 nitrogen and oxygen atoms in total. The van der Waals surface area contributed by atoms with E-state index in [1.165, 1.54) is 6.42 Å². The van der Waals surface area contributed by atoms with E-state index >= 15 is 0 Å². The predicted octanol–water partition coefficient (Wildman–Crippen LogP) is 3.48. The maximum atomic E-state index is 5.78. The van der Waals surface area contributed by atoms with Crippen LogP contribution in [0, 0.1) is 0 Å². The monoisotopic (exact) mass is 345 g/mol. The Morgan fingerprint density at radius 3 is 2.48 bits per heavy atom. The number of methoxy groups -OCH3 is 1. The average molecular weight is 345 g/mol. The second-order valence-electron chi connectivity index (χ2n) is 6.86. The lowest BCUT2D eigenvalue weighted by Crippen LogP contribution is -2.31. The summed E-state index contributed by atoms with van der Waals surface area (Å²) in [4.78, 5) is 6.70. The maximum absolute atomic E-state index is 5.78. The second-order valence-corrected chi connectivity index (χ2v) is 6.86. The summed E-state index contributed by atoms with van der Waals surface area (Å²) in [5.41, 5.74) is 0.496. The minimum absolute atomic E-state index is 0.418. The summed E-state index contributed by atoms with van der Waals surface area (Å²) in [6.45, 7) is 1.55. The molecule has 25 heavy (non-hydrogen) atoms. The van der Waals surface area contributed by atoms with Crippen molar-refractivity contribution in [3.8, 4) is 17.1 Å². The third-order valence-corrected chi connectivity index (χ3v) is 4.79. The number of hydrogen-bond donors (Lipinski definition) is 0. The number of ether oxygens (including phenoxy) is 2. The van der Waals surface area contributed by atoms with Gasteiger partial charge in [0.15, 0.2) is 0 Å². The summed E-state index contributed by atoms with van der Waals surface area (Å²) in [6, 6.07) is 7.79. The van der Waals surface area contributed by atoms with E-state index in [4.69, 9.17) is 14.0 Å². The second kappa shape index (κ2) is 7.97. The Labute approximate surface area is 149 Å². The highest BCUT2D eigenvalue weighted by molar-refractivity contribution is 5.55. The molecule has 0 saturated heterocycles. The molecule has 0 bridgehead atoms. The average Bonchev–Trinajstić information content (AvgIpc) is 3.13. The molecule has 1 aromatic carbocycles. The Balaban J connectivity index is 1.69. The van der Waals surface area contributed by atoms with Gasteiger partial charge in [0.2, 0.25) is 5.82 Å². The highest BCUT2D eigenvalue weighted by Gasteiger charge is 2.39. The molecule has 1 heterocycles. The Bertz CT molecular complexity index is 661. The van der Waals surface area contributed by atoms with Crippen molar-refractivity contribution in [1.82, 2.24) is 15.0 Å². The van der Waals surface area contributed by atoms with Crippen LogP contribution in [0.15, 0.2) is 28.8 Å². The molecule has 0 amide bonds. The zero-order valence-corrected chi connectivity index (χ0v) is 15.3. The minimum atomic E-state index is -0.418. The van der Waals surface area contributed by atoms with Gasteiger partial charge in [-0.25, -0.2) is 0 Å². The van der Waals surface area contributed by atoms with Crippen LogP contribution in [0.4, 0.5) is 0 Å². The molecule has 136 valence electrons. The molecule has 6 heteroatoms. The first-order valence-electron chi connectivity index (χ1n) is 8.90. The molecule has 1 aliphatic rings. The van der Waals surface area contributed by atoms with Gasteiger partial charge in [0.1, 0.15) is 18.0 Å². The molecule has 1 fully saturated rings. The maximum Gasteiger partial charge on any atom is 0.259 e. The summed E-state index contributed by atoms with van der Waals surface area (Å²) in [5.74, 6) is 2.03. The Morgan fingerprint density at radius 1 is 1.12 bits per heavy atom. The number of benzene rings is 1. The van der Waals surface area contributed by atoms with Gasteiger partial charge in [-0.3, -0.25) is 0 Å². The molecule has 2 aromatic rings. The van der Waals surface area contributed by atoms with Crippen LogP contribution in [0.25, 0.3) is 11.4 Å². The Morgan fingerprint density at radius 2 is 1.84 bits per heavy atom. The fourth-order valence-corrected chi connectivity index (χ4v) is 3.20. The molecule has 0 N–H and O–H groups in total. The third-order valence-electron chi connectivity index (χ3n) is 4.79. The normalized spacial score (nSPS) is 17.0. The number of aromatic nitrogens is 2. The van der Waals surface area contributed by atoms with Crippen LogP contribution < -0.4 is 4.74 Å². The smallest absolute Gasteiger partial charge is 0.259 e. The quantitative estimate of drug-likeness (QED) is 0.766. The summed E-state index contributed by atoms with van der Waals surface area (Å²) in [6.07, 6.45) is 5.37. The van der Waals surface area contributed by atoms with Crippen molar-refractivity contribution in [3.05, 3.63) is 30.2 Å². The molecule has 1 aromatic heterocycles. The topological polar surface area (TPSA) is 60.6 Å². The van der Waals surface area contributed by atoms with Crippen molar-refractivity contribution >= 4 is 0 Å². The Kier molecular flexibility index (Phi) is 5.71. The van der Waals surface area contributed by atoms with E-state index in [0.29, 0.717) is 18.3 Å². The van der Waals surface area contributed by atoms with Crippen LogP contribution in [0.1, 0.15) is 38.0 Å². The van der Waals surface area contributed by atoms with Gasteiger partial charge in [0.25, 0.3) is 5.89 Å². The van der Waals surface area contributed by atoms with E-state index in [0.717, 1.165) is 43.5 Å². The van der Waals surface area contributed by atoms with Crippen LogP contribution in [0.3, 0.4) is 0 Å². The SMILES string of the molecule is COC1(c2nc(-c3ccc(OCCN(C)C)cc3)no2)CCCCC1. The van der Waals surface area contributed by atoms with Crippen LogP contribution >= 0.6 is 0 Å². The van der Waals surface area contributed by atoms with E-state index in [1.807, 2.05) is 38.4 Å². The van der Waals surface area contributed by atoms with Gasteiger partial charge in [0.05, 0.1) is 0 Å². The van der Waals surface area contributed by atoms with E-state index < -0.39 is 5.60 Å². The zero-order valence-electron chi connectivity index (χ0n) is 15.3. The van der Waals surface area contributed by atoms with Crippen molar-refractivity contribution in [2.24, 2.45) is 0 Å². The molecular formula is C19H27N3O3. The molecule has 0 aliphatic heterocycles. The lowest BCUT2D eigenvalue weighted by molar-refractivity contribution is -0.0672. The minimum Gasteiger partial charge on any atom is -0.492 e. The van der Waals surface area contributed by atoms with E-state index in [2.05, 4.69) is 15.0 Å². The zero-order chi connectivity index (χ0) is 17.7. The molecule has 0 spiro atoms. The summed E-state index contributed by atoms with van der Waals surface area (Å²) in [7, 11) is 5.79. The van der Waals surface area contributed by atoms with Gasteiger partial charge in [-0.1, -0.05) is 24.4 Å². The molecule has 0 radical (unpaired) electrons. The van der Waals surface area contributed by atoms with Gasteiger partial charge < -0.3 is 18.9 Å². The summed E-state index contributed by atoms with van der Waals surface area (Å²) in [5, 5.41) is 4.16. The predicted molar refractivity (Wildman–Crippen MR) is 95.6 cm³/mol. The van der Waals surface area contributed by atoms with E-state index in [1.54, 1.807) is 7.11 Å². The van der Waals surface area contributed by atoms with Gasteiger partial charge in [-0.2, -0.15) is 4.98 Å². The molecule has 1 aliphatic carbocycles. The van der Waals surface area contributed by atoms with Crippen molar-refractivity contribution in [2.45, 2.75) is 37.7 Å². The first-order valence-corrected chi connectivity index (χ1v) is 8.90. The van der Waals surface area contributed by atoms with Crippen LogP contribution in [0.5, 0.6) is 5.75 Å². The van der Waals surface area contributed by atoms with Crippen molar-refractivity contribution in [1.29, 1.82) is 0 Å². The molecule has 3 rings (SSSR count). The van der Waals surface area contributed by atoms with Gasteiger partial charge in [-0.15, -0.1) is 0 Å². The summed E-state index contributed by atoms with van der Waals surface area (Å²) >= 11 is 0. The van der Waals surface area contributed by atoms with Crippen LogP contribution in [-0.2, 0) is 10.3 Å². The lowest BCUT2D eigenvalue weighted by Gasteiger charge is -2.32. The van der Waals surface area contributed by atoms with E-state index in [9.17, 15) is 0 Å². The van der Waals surface area contributed by atoms with Crippen molar-refractivity contribution in [3.63, 3.8) is 0 Å². The number of nitrogens with zero attached hydrogens (tertiary/aromatic N) is 3. The number of rotatable bonds is 7. The summed E-state index contributed by atoms with van der Waals surface area (Å²) < 4.78 is 17.0. The largest absolute Gasteiger partial charge is 0.492 e. The molecular weight excluding hydrogens is 318 g/mol. The molecule has 1 saturated carbocycles.